The van der Waals surface area contributed by atoms with E-state index in [4.69, 9.17) is 4.74 Å². The molecule has 1 aliphatic heterocycles. The third kappa shape index (κ3) is 2.02. The summed E-state index contributed by atoms with van der Waals surface area (Å²) >= 11 is 0. The van der Waals surface area contributed by atoms with Crippen molar-refractivity contribution < 1.29 is 4.74 Å². The maximum Gasteiger partial charge on any atom is 0.0757 e. The van der Waals surface area contributed by atoms with Crippen molar-refractivity contribution in [2.45, 2.75) is 38.0 Å². The second-order valence-corrected chi connectivity index (χ2v) is 5.06. The zero-order chi connectivity index (χ0) is 11.0. The Labute approximate surface area is 96.8 Å². The van der Waals surface area contributed by atoms with E-state index in [1.807, 2.05) is 0 Å². The number of hydrogen-bond acceptors (Lipinski definition) is 2. The number of hydrogen-bond donors (Lipinski definition) is 1. The molecule has 1 aromatic heterocycles. The molecule has 2 unspecified atom stereocenters. The lowest BCUT2D eigenvalue weighted by atomic mass is 10.1. The summed E-state index contributed by atoms with van der Waals surface area (Å²) < 4.78 is 8.00. The highest BCUT2D eigenvalue weighted by atomic mass is 16.5. The summed E-state index contributed by atoms with van der Waals surface area (Å²) in [6.45, 7) is 1.90. The standard InChI is InChI=1S/C13H20N2O/c1-15-7-2-3-11(15)9-14-12-6-8-16-13(12)10-4-5-10/h2-3,7,10,12-14H,4-6,8-9H2,1H3. The first kappa shape index (κ1) is 10.4. The maximum atomic E-state index is 5.82. The molecule has 2 fully saturated rings. The third-order valence-corrected chi connectivity index (χ3v) is 3.82. The Morgan fingerprint density at radius 1 is 1.44 bits per heavy atom. The van der Waals surface area contributed by atoms with Crippen molar-refractivity contribution >= 4 is 0 Å². The van der Waals surface area contributed by atoms with E-state index < -0.39 is 0 Å². The summed E-state index contributed by atoms with van der Waals surface area (Å²) in [5, 5.41) is 3.65. The van der Waals surface area contributed by atoms with Crippen molar-refractivity contribution in [3.05, 3.63) is 24.0 Å². The zero-order valence-corrected chi connectivity index (χ0v) is 9.86. The van der Waals surface area contributed by atoms with Gasteiger partial charge in [-0.05, 0) is 37.3 Å². The predicted molar refractivity (Wildman–Crippen MR) is 63.1 cm³/mol. The summed E-state index contributed by atoms with van der Waals surface area (Å²) in [4.78, 5) is 0. The minimum atomic E-state index is 0.486. The molecule has 2 atom stereocenters. The van der Waals surface area contributed by atoms with E-state index >= 15 is 0 Å². The van der Waals surface area contributed by atoms with Gasteiger partial charge in [-0.3, -0.25) is 0 Å². The van der Waals surface area contributed by atoms with Gasteiger partial charge in [-0.2, -0.15) is 0 Å². The van der Waals surface area contributed by atoms with Crippen LogP contribution in [0.1, 0.15) is 25.0 Å². The normalized spacial score (nSPS) is 29.8. The molecule has 1 aromatic rings. The lowest BCUT2D eigenvalue weighted by Crippen LogP contribution is -2.37. The van der Waals surface area contributed by atoms with Crippen LogP contribution in [0.25, 0.3) is 0 Å². The van der Waals surface area contributed by atoms with Crippen LogP contribution in [-0.4, -0.2) is 23.3 Å². The molecule has 0 amide bonds. The van der Waals surface area contributed by atoms with Crippen molar-refractivity contribution in [3.8, 4) is 0 Å². The molecule has 3 heteroatoms. The van der Waals surface area contributed by atoms with Gasteiger partial charge in [-0.25, -0.2) is 0 Å². The van der Waals surface area contributed by atoms with Crippen molar-refractivity contribution in [1.29, 1.82) is 0 Å². The van der Waals surface area contributed by atoms with E-state index in [9.17, 15) is 0 Å². The minimum absolute atomic E-state index is 0.486. The SMILES string of the molecule is Cn1cccc1CNC1CCOC1C1CC1. The van der Waals surface area contributed by atoms with Gasteiger partial charge in [0.2, 0.25) is 0 Å². The van der Waals surface area contributed by atoms with Crippen molar-refractivity contribution in [2.24, 2.45) is 13.0 Å². The lowest BCUT2D eigenvalue weighted by molar-refractivity contribution is 0.0808. The molecule has 0 radical (unpaired) electrons. The first-order valence-electron chi connectivity index (χ1n) is 6.30. The van der Waals surface area contributed by atoms with Gasteiger partial charge in [-0.15, -0.1) is 0 Å². The van der Waals surface area contributed by atoms with Gasteiger partial charge in [0.25, 0.3) is 0 Å². The Kier molecular flexibility index (Phi) is 2.74. The molecule has 1 aliphatic carbocycles. The highest BCUT2D eigenvalue weighted by Gasteiger charge is 2.40. The first-order chi connectivity index (χ1) is 7.84. The molecular weight excluding hydrogens is 200 g/mol. The molecule has 1 N–H and O–H groups in total. The Bertz CT molecular complexity index is 357. The minimum Gasteiger partial charge on any atom is -0.376 e. The Morgan fingerprint density at radius 2 is 2.31 bits per heavy atom. The Hall–Kier alpha value is -0.800. The van der Waals surface area contributed by atoms with Gasteiger partial charge in [0.15, 0.2) is 0 Å². The Balaban J connectivity index is 1.56. The van der Waals surface area contributed by atoms with Gasteiger partial charge in [0.1, 0.15) is 0 Å². The van der Waals surface area contributed by atoms with Gasteiger partial charge in [-0.1, -0.05) is 0 Å². The fourth-order valence-corrected chi connectivity index (χ4v) is 2.63. The van der Waals surface area contributed by atoms with Gasteiger partial charge in [0, 0.05) is 38.1 Å². The summed E-state index contributed by atoms with van der Waals surface area (Å²) in [5.74, 6) is 0.841. The van der Waals surface area contributed by atoms with E-state index in [2.05, 4.69) is 35.3 Å². The number of rotatable bonds is 4. The number of ether oxygens (including phenoxy) is 1. The second kappa shape index (κ2) is 4.22. The van der Waals surface area contributed by atoms with Gasteiger partial charge < -0.3 is 14.6 Å². The van der Waals surface area contributed by atoms with Crippen LogP contribution < -0.4 is 5.32 Å². The van der Waals surface area contributed by atoms with E-state index in [1.165, 1.54) is 25.0 Å². The van der Waals surface area contributed by atoms with E-state index in [0.29, 0.717) is 12.1 Å². The molecule has 1 saturated heterocycles. The van der Waals surface area contributed by atoms with Crippen molar-refractivity contribution in [3.63, 3.8) is 0 Å². The number of nitrogens with zero attached hydrogens (tertiary/aromatic N) is 1. The van der Waals surface area contributed by atoms with Crippen LogP contribution in [0.5, 0.6) is 0 Å². The van der Waals surface area contributed by atoms with Crippen LogP contribution in [0.15, 0.2) is 18.3 Å². The van der Waals surface area contributed by atoms with E-state index in [0.717, 1.165) is 19.1 Å². The van der Waals surface area contributed by atoms with E-state index in [1.54, 1.807) is 0 Å². The molecule has 3 rings (SSSR count). The van der Waals surface area contributed by atoms with Crippen LogP contribution in [-0.2, 0) is 18.3 Å². The zero-order valence-electron chi connectivity index (χ0n) is 9.86. The first-order valence-corrected chi connectivity index (χ1v) is 6.30. The Morgan fingerprint density at radius 3 is 3.00 bits per heavy atom. The second-order valence-electron chi connectivity index (χ2n) is 5.06. The molecule has 0 bridgehead atoms. The van der Waals surface area contributed by atoms with Gasteiger partial charge >= 0.3 is 0 Å². The average Bonchev–Trinajstić information content (AvgIpc) is 2.88. The fraction of sp³-hybridized carbons (Fsp3) is 0.692. The number of aryl methyl sites for hydroxylation is 1. The van der Waals surface area contributed by atoms with Crippen molar-refractivity contribution in [2.75, 3.05) is 6.61 Å². The van der Waals surface area contributed by atoms with Crippen LogP contribution in [0.3, 0.4) is 0 Å². The van der Waals surface area contributed by atoms with Crippen LogP contribution in [0.2, 0.25) is 0 Å². The summed E-state index contributed by atoms with van der Waals surface area (Å²) in [6.07, 6.45) is 6.49. The topological polar surface area (TPSA) is 26.2 Å². The maximum absolute atomic E-state index is 5.82. The molecular formula is C13H20N2O. The fourth-order valence-electron chi connectivity index (χ4n) is 2.63. The molecule has 16 heavy (non-hydrogen) atoms. The average molecular weight is 220 g/mol. The van der Waals surface area contributed by atoms with Gasteiger partial charge in [0.05, 0.1) is 6.10 Å². The van der Waals surface area contributed by atoms with E-state index in [-0.39, 0.29) is 0 Å². The largest absolute Gasteiger partial charge is 0.376 e. The molecule has 2 aliphatic rings. The molecule has 88 valence electrons. The summed E-state index contributed by atoms with van der Waals surface area (Å²) in [6, 6.07) is 4.84. The summed E-state index contributed by atoms with van der Waals surface area (Å²) in [7, 11) is 2.10. The monoisotopic (exact) mass is 220 g/mol. The lowest BCUT2D eigenvalue weighted by Gasteiger charge is -2.19. The molecule has 0 spiro atoms. The smallest absolute Gasteiger partial charge is 0.0757 e. The molecule has 3 nitrogen and oxygen atoms in total. The quantitative estimate of drug-likeness (QED) is 0.835. The molecule has 2 heterocycles. The van der Waals surface area contributed by atoms with Crippen LogP contribution >= 0.6 is 0 Å². The summed E-state index contributed by atoms with van der Waals surface area (Å²) in [5.41, 5.74) is 1.35. The highest BCUT2D eigenvalue weighted by Crippen LogP contribution is 2.38. The highest BCUT2D eigenvalue weighted by molar-refractivity contribution is 5.06. The van der Waals surface area contributed by atoms with Crippen molar-refractivity contribution in [1.82, 2.24) is 9.88 Å². The van der Waals surface area contributed by atoms with Crippen LogP contribution in [0, 0.1) is 5.92 Å². The third-order valence-electron chi connectivity index (χ3n) is 3.82. The molecule has 0 aromatic carbocycles. The number of nitrogens with one attached hydrogen (secondary N) is 1. The number of aromatic nitrogens is 1. The van der Waals surface area contributed by atoms with Crippen LogP contribution in [0.4, 0.5) is 0 Å². The molecule has 1 saturated carbocycles. The predicted octanol–water partition coefficient (Wildman–Crippen LogP) is 1.68.